The highest BCUT2D eigenvalue weighted by Gasteiger charge is 2.32. The smallest absolute Gasteiger partial charge is 0.317 e. The molecule has 2 N–H and O–H groups in total. The van der Waals surface area contributed by atoms with Crippen molar-refractivity contribution in [2.75, 3.05) is 0 Å². The van der Waals surface area contributed by atoms with Gasteiger partial charge in [0.1, 0.15) is 5.70 Å². The Labute approximate surface area is 194 Å². The highest BCUT2D eigenvalue weighted by Crippen LogP contribution is 2.31. The summed E-state index contributed by atoms with van der Waals surface area (Å²) in [6, 6.07) is 22.4. The third-order valence-corrected chi connectivity index (χ3v) is 4.52. The predicted molar refractivity (Wildman–Crippen MR) is 125 cm³/mol. The van der Waals surface area contributed by atoms with Gasteiger partial charge in [0.15, 0.2) is 0 Å². The molecule has 0 aliphatic carbocycles. The first-order chi connectivity index (χ1) is 16.3. The Morgan fingerprint density at radius 2 is 1.44 bits per heavy atom. The van der Waals surface area contributed by atoms with Gasteiger partial charge in [-0.1, -0.05) is 78.9 Å². The second-order valence-electron chi connectivity index (χ2n) is 6.95. The maximum Gasteiger partial charge on any atom is 0.417 e. The molecule has 172 valence electrons. The fourth-order valence-corrected chi connectivity index (χ4v) is 2.87. The molecule has 0 unspecified atom stereocenters. The topological polar surface area (TPSA) is 70.6 Å². The molecule has 3 rings (SSSR count). The van der Waals surface area contributed by atoms with E-state index in [4.69, 9.17) is 0 Å². The summed E-state index contributed by atoms with van der Waals surface area (Å²) in [5.74, 6) is -1.33. The summed E-state index contributed by atoms with van der Waals surface area (Å²) in [6.45, 7) is 0. The third-order valence-electron chi connectivity index (χ3n) is 4.52. The summed E-state index contributed by atoms with van der Waals surface area (Å²) in [4.78, 5) is 25.2. The van der Waals surface area contributed by atoms with E-state index in [1.54, 1.807) is 42.5 Å². The molecule has 5 nitrogen and oxygen atoms in total. The van der Waals surface area contributed by atoms with Gasteiger partial charge >= 0.3 is 6.18 Å². The lowest BCUT2D eigenvalue weighted by Crippen LogP contribution is -2.32. The number of allylic oxidation sites excluding steroid dienone is 2. The van der Waals surface area contributed by atoms with Crippen LogP contribution in [-0.2, 0) is 11.0 Å². The van der Waals surface area contributed by atoms with Crippen molar-refractivity contribution in [2.24, 2.45) is 5.10 Å². The first kappa shape index (κ1) is 24.2. The SMILES string of the molecule is O=C(NN=Cc1ccccc1C(F)(F)F)/C(=C/C=C/c1ccccc1)NC(=O)c1ccccc1. The largest absolute Gasteiger partial charge is 0.417 e. The molecule has 2 amide bonds. The fraction of sp³-hybridized carbons (Fsp3) is 0.0385. The van der Waals surface area contributed by atoms with Crippen molar-refractivity contribution in [2.45, 2.75) is 6.18 Å². The molecule has 8 heteroatoms. The van der Waals surface area contributed by atoms with Crippen molar-refractivity contribution >= 4 is 24.1 Å². The zero-order chi connectivity index (χ0) is 24.4. The van der Waals surface area contributed by atoms with Crippen molar-refractivity contribution in [1.29, 1.82) is 0 Å². The van der Waals surface area contributed by atoms with Crippen LogP contribution in [0.1, 0.15) is 27.0 Å². The molecular weight excluding hydrogens is 443 g/mol. The van der Waals surface area contributed by atoms with Crippen molar-refractivity contribution in [3.8, 4) is 0 Å². The number of rotatable bonds is 7. The van der Waals surface area contributed by atoms with E-state index in [-0.39, 0.29) is 11.3 Å². The molecule has 0 bridgehead atoms. The quantitative estimate of drug-likeness (QED) is 0.219. The Bertz CT molecular complexity index is 1220. The summed E-state index contributed by atoms with van der Waals surface area (Å²) in [5, 5.41) is 6.15. The lowest BCUT2D eigenvalue weighted by molar-refractivity contribution is -0.137. The molecule has 0 atom stereocenters. The van der Waals surface area contributed by atoms with E-state index >= 15 is 0 Å². The molecule has 34 heavy (non-hydrogen) atoms. The number of hydrazone groups is 1. The van der Waals surface area contributed by atoms with Crippen LogP contribution in [0.5, 0.6) is 0 Å². The number of benzene rings is 3. The van der Waals surface area contributed by atoms with Gasteiger partial charge in [0.2, 0.25) is 0 Å². The van der Waals surface area contributed by atoms with Crippen LogP contribution in [0.3, 0.4) is 0 Å². The Morgan fingerprint density at radius 1 is 0.824 bits per heavy atom. The molecular formula is C26H20F3N3O2. The van der Waals surface area contributed by atoms with E-state index < -0.39 is 23.6 Å². The summed E-state index contributed by atoms with van der Waals surface area (Å²) < 4.78 is 39.4. The lowest BCUT2D eigenvalue weighted by Gasteiger charge is -2.10. The number of hydrogen-bond acceptors (Lipinski definition) is 3. The van der Waals surface area contributed by atoms with Gasteiger partial charge in [0.05, 0.1) is 11.8 Å². The number of carbonyl (C=O) groups is 2. The molecule has 0 radical (unpaired) electrons. The van der Waals surface area contributed by atoms with Crippen LogP contribution in [0.4, 0.5) is 13.2 Å². The Kier molecular flexibility index (Phi) is 8.12. The molecule has 3 aromatic rings. The van der Waals surface area contributed by atoms with Crippen LogP contribution in [0, 0.1) is 0 Å². The lowest BCUT2D eigenvalue weighted by atomic mass is 10.1. The number of hydrogen-bond donors (Lipinski definition) is 2. The Balaban J connectivity index is 1.79. The van der Waals surface area contributed by atoms with Crippen LogP contribution in [-0.4, -0.2) is 18.0 Å². The van der Waals surface area contributed by atoms with Crippen molar-refractivity contribution in [1.82, 2.24) is 10.7 Å². The van der Waals surface area contributed by atoms with E-state index in [1.807, 2.05) is 30.3 Å². The van der Waals surface area contributed by atoms with E-state index in [2.05, 4.69) is 15.8 Å². The van der Waals surface area contributed by atoms with E-state index in [1.165, 1.54) is 24.3 Å². The van der Waals surface area contributed by atoms with Crippen LogP contribution in [0.25, 0.3) is 6.08 Å². The summed E-state index contributed by atoms with van der Waals surface area (Å²) in [5.41, 5.74) is 2.13. The van der Waals surface area contributed by atoms with E-state index in [0.29, 0.717) is 5.56 Å². The summed E-state index contributed by atoms with van der Waals surface area (Å²) in [7, 11) is 0. The minimum absolute atomic E-state index is 0.137. The minimum Gasteiger partial charge on any atom is -0.317 e. The second-order valence-corrected chi connectivity index (χ2v) is 6.95. The third kappa shape index (κ3) is 7.03. The zero-order valence-electron chi connectivity index (χ0n) is 17.8. The average Bonchev–Trinajstić information content (AvgIpc) is 2.84. The normalized spacial score (nSPS) is 12.1. The molecule has 0 saturated carbocycles. The molecule has 0 spiro atoms. The van der Waals surface area contributed by atoms with Gasteiger partial charge in [-0.15, -0.1) is 0 Å². The van der Waals surface area contributed by atoms with Crippen molar-refractivity contribution < 1.29 is 22.8 Å². The molecule has 0 fully saturated rings. The number of carbonyl (C=O) groups excluding carboxylic acids is 2. The van der Waals surface area contributed by atoms with E-state index in [9.17, 15) is 22.8 Å². The summed E-state index contributed by atoms with van der Waals surface area (Å²) in [6.07, 6.45) is 1.01. The average molecular weight is 463 g/mol. The number of nitrogens with zero attached hydrogens (tertiary/aromatic N) is 1. The van der Waals surface area contributed by atoms with Gasteiger partial charge in [0, 0.05) is 11.1 Å². The minimum atomic E-state index is -4.57. The maximum absolute atomic E-state index is 13.1. The maximum atomic E-state index is 13.1. The number of halogens is 3. The van der Waals surface area contributed by atoms with Crippen LogP contribution < -0.4 is 10.7 Å². The van der Waals surface area contributed by atoms with Gasteiger partial charge in [-0.05, 0) is 29.8 Å². The molecule has 0 aromatic heterocycles. The molecule has 0 heterocycles. The van der Waals surface area contributed by atoms with Crippen molar-refractivity contribution in [3.05, 3.63) is 125 Å². The number of nitrogens with one attached hydrogen (secondary N) is 2. The molecule has 0 aliphatic rings. The molecule has 3 aromatic carbocycles. The second kappa shape index (κ2) is 11.4. The van der Waals surface area contributed by atoms with Crippen LogP contribution >= 0.6 is 0 Å². The van der Waals surface area contributed by atoms with Gasteiger partial charge < -0.3 is 5.32 Å². The predicted octanol–water partition coefficient (Wildman–Crippen LogP) is 5.18. The van der Waals surface area contributed by atoms with Gasteiger partial charge in [-0.2, -0.15) is 18.3 Å². The molecule has 0 saturated heterocycles. The van der Waals surface area contributed by atoms with Crippen LogP contribution in [0.2, 0.25) is 0 Å². The molecule has 0 aliphatic heterocycles. The summed E-state index contributed by atoms with van der Waals surface area (Å²) >= 11 is 0. The fourth-order valence-electron chi connectivity index (χ4n) is 2.87. The standard InChI is InChI=1S/C26H20F3N3O2/c27-26(28,29)22-16-8-7-15-21(22)18-30-32-25(34)23(17-9-12-19-10-3-1-4-11-19)31-24(33)20-13-5-2-6-14-20/h1-18H,(H,31,33)(H,32,34)/b12-9+,23-17-,30-18?. The van der Waals surface area contributed by atoms with Gasteiger partial charge in [-0.3, -0.25) is 9.59 Å². The first-order valence-corrected chi connectivity index (χ1v) is 10.1. The van der Waals surface area contributed by atoms with Crippen molar-refractivity contribution in [3.63, 3.8) is 0 Å². The monoisotopic (exact) mass is 463 g/mol. The van der Waals surface area contributed by atoms with Gasteiger partial charge in [-0.25, -0.2) is 5.43 Å². The highest BCUT2D eigenvalue weighted by molar-refractivity contribution is 6.03. The number of alkyl halides is 3. The number of amides is 2. The first-order valence-electron chi connectivity index (χ1n) is 10.1. The van der Waals surface area contributed by atoms with E-state index in [0.717, 1.165) is 17.8 Å². The Hall–Kier alpha value is -4.46. The Morgan fingerprint density at radius 3 is 2.12 bits per heavy atom. The van der Waals surface area contributed by atoms with Crippen LogP contribution in [0.15, 0.2) is 108 Å². The van der Waals surface area contributed by atoms with Gasteiger partial charge in [0.25, 0.3) is 11.8 Å². The zero-order valence-corrected chi connectivity index (χ0v) is 17.8. The highest BCUT2D eigenvalue weighted by atomic mass is 19.4.